The van der Waals surface area contributed by atoms with E-state index in [2.05, 4.69) is 9.71 Å². The molecule has 1 saturated carbocycles. The molecule has 1 fully saturated rings. The summed E-state index contributed by atoms with van der Waals surface area (Å²) in [5.74, 6) is 0. The van der Waals surface area contributed by atoms with Gasteiger partial charge in [-0.2, -0.15) is 0 Å². The fourth-order valence-corrected chi connectivity index (χ4v) is 4.03. The van der Waals surface area contributed by atoms with Crippen molar-refractivity contribution in [3.63, 3.8) is 0 Å². The zero-order chi connectivity index (χ0) is 14.3. The van der Waals surface area contributed by atoms with Crippen molar-refractivity contribution in [2.75, 3.05) is 4.72 Å². The number of rotatable bonds is 5. The Morgan fingerprint density at radius 1 is 1.55 bits per heavy atom. The van der Waals surface area contributed by atoms with Crippen LogP contribution in [0.15, 0.2) is 23.4 Å². The zero-order valence-corrected chi connectivity index (χ0v) is 12.7. The largest absolute Gasteiger partial charge is 0.346 e. The first-order valence-electron chi connectivity index (χ1n) is 6.35. The number of hydrogen-bond donors (Lipinski definition) is 2. The summed E-state index contributed by atoms with van der Waals surface area (Å²) < 4.78 is 29.2. The molecule has 3 N–H and O–H groups in total. The number of anilines is 1. The molecule has 108 valence electrons. The summed E-state index contributed by atoms with van der Waals surface area (Å²) in [6.45, 7) is 2.22. The van der Waals surface area contributed by atoms with E-state index in [1.165, 1.54) is 11.3 Å². The predicted octanol–water partition coefficient (Wildman–Crippen LogP) is 1.85. The lowest BCUT2D eigenvalue weighted by Crippen LogP contribution is -2.12. The average molecular weight is 312 g/mol. The number of aromatic nitrogens is 2. The lowest BCUT2D eigenvalue weighted by Gasteiger charge is -2.04. The van der Waals surface area contributed by atoms with Gasteiger partial charge in [-0.1, -0.05) is 0 Å². The molecule has 2 heterocycles. The van der Waals surface area contributed by atoms with Crippen molar-refractivity contribution in [2.24, 2.45) is 5.73 Å². The average Bonchev–Trinajstić information content (AvgIpc) is 3.01. The second-order valence-corrected chi connectivity index (χ2v) is 7.81. The van der Waals surface area contributed by atoms with E-state index < -0.39 is 10.0 Å². The normalized spacial score (nSPS) is 15.5. The van der Waals surface area contributed by atoms with Crippen molar-refractivity contribution in [3.8, 4) is 0 Å². The van der Waals surface area contributed by atoms with Crippen LogP contribution >= 0.6 is 11.3 Å². The molecule has 3 rings (SSSR count). The van der Waals surface area contributed by atoms with Gasteiger partial charge in [0, 0.05) is 35.6 Å². The van der Waals surface area contributed by atoms with E-state index in [1.54, 1.807) is 18.5 Å². The topological polar surface area (TPSA) is 90.0 Å². The third kappa shape index (κ3) is 2.58. The molecule has 1 aliphatic rings. The van der Waals surface area contributed by atoms with Crippen molar-refractivity contribution >= 4 is 26.5 Å². The number of nitrogens with one attached hydrogen (secondary N) is 1. The second-order valence-electron chi connectivity index (χ2n) is 4.89. The number of thiazole rings is 1. The molecule has 0 saturated heterocycles. The van der Waals surface area contributed by atoms with E-state index >= 15 is 0 Å². The van der Waals surface area contributed by atoms with Crippen LogP contribution in [-0.4, -0.2) is 18.0 Å². The van der Waals surface area contributed by atoms with Crippen molar-refractivity contribution in [1.82, 2.24) is 9.55 Å². The van der Waals surface area contributed by atoms with Gasteiger partial charge in [-0.3, -0.25) is 4.72 Å². The molecule has 2 aromatic heterocycles. The number of sulfonamides is 1. The zero-order valence-electron chi connectivity index (χ0n) is 11.0. The summed E-state index contributed by atoms with van der Waals surface area (Å²) in [5.41, 5.74) is 6.53. The van der Waals surface area contributed by atoms with Gasteiger partial charge in [0.05, 0.1) is 0 Å². The van der Waals surface area contributed by atoms with Gasteiger partial charge in [0.2, 0.25) is 0 Å². The van der Waals surface area contributed by atoms with Crippen LogP contribution in [0.3, 0.4) is 0 Å². The van der Waals surface area contributed by atoms with Gasteiger partial charge >= 0.3 is 0 Å². The summed E-state index contributed by atoms with van der Waals surface area (Å²) in [4.78, 5) is 5.23. The van der Waals surface area contributed by atoms with E-state index in [0.717, 1.165) is 23.4 Å². The van der Waals surface area contributed by atoms with Crippen LogP contribution in [0.1, 0.15) is 29.5 Å². The van der Waals surface area contributed by atoms with E-state index in [0.29, 0.717) is 17.7 Å². The molecule has 0 amide bonds. The molecule has 1 aliphatic carbocycles. The fourth-order valence-electron chi connectivity index (χ4n) is 2.08. The molecule has 8 heteroatoms. The Morgan fingerprint density at radius 2 is 2.30 bits per heavy atom. The molecule has 6 nitrogen and oxygen atoms in total. The molecular formula is C12H16N4O2S2. The molecule has 0 unspecified atom stereocenters. The number of aryl methyl sites for hydroxylation is 1. The van der Waals surface area contributed by atoms with Gasteiger partial charge < -0.3 is 10.3 Å². The predicted molar refractivity (Wildman–Crippen MR) is 78.3 cm³/mol. The SMILES string of the molecule is Cc1cnc(NS(=O)(=O)c2cc(CN)n(C3CC3)c2)s1. The first kappa shape index (κ1) is 13.6. The Bertz CT molecular complexity index is 728. The Hall–Kier alpha value is -1.38. The van der Waals surface area contributed by atoms with Crippen molar-refractivity contribution < 1.29 is 8.42 Å². The van der Waals surface area contributed by atoms with Gasteiger partial charge in [-0.15, -0.1) is 11.3 Å². The van der Waals surface area contributed by atoms with Crippen LogP contribution in [0.5, 0.6) is 0 Å². The maximum Gasteiger partial charge on any atom is 0.265 e. The van der Waals surface area contributed by atoms with Crippen LogP contribution in [0.2, 0.25) is 0 Å². The van der Waals surface area contributed by atoms with Crippen LogP contribution in [-0.2, 0) is 16.6 Å². The van der Waals surface area contributed by atoms with Crippen molar-refractivity contribution in [1.29, 1.82) is 0 Å². The Labute approximate surface area is 121 Å². The van der Waals surface area contributed by atoms with Gasteiger partial charge in [0.1, 0.15) is 4.90 Å². The maximum absolute atomic E-state index is 12.3. The smallest absolute Gasteiger partial charge is 0.265 e. The highest BCUT2D eigenvalue weighted by molar-refractivity contribution is 7.93. The Kier molecular flexibility index (Phi) is 3.31. The number of hydrogen-bond acceptors (Lipinski definition) is 5. The molecular weight excluding hydrogens is 296 g/mol. The van der Waals surface area contributed by atoms with E-state index in [1.807, 2.05) is 11.5 Å². The van der Waals surface area contributed by atoms with E-state index in [9.17, 15) is 8.42 Å². The minimum absolute atomic E-state index is 0.248. The highest BCUT2D eigenvalue weighted by Crippen LogP contribution is 2.37. The summed E-state index contributed by atoms with van der Waals surface area (Å²) in [5, 5.41) is 0.385. The van der Waals surface area contributed by atoms with Crippen LogP contribution in [0.4, 0.5) is 5.13 Å². The van der Waals surface area contributed by atoms with Gasteiger partial charge in [0.15, 0.2) is 5.13 Å². The van der Waals surface area contributed by atoms with Crippen LogP contribution in [0, 0.1) is 6.92 Å². The lowest BCUT2D eigenvalue weighted by atomic mass is 10.4. The highest BCUT2D eigenvalue weighted by atomic mass is 32.2. The second kappa shape index (κ2) is 4.87. The van der Waals surface area contributed by atoms with Gasteiger partial charge in [0.25, 0.3) is 10.0 Å². The lowest BCUT2D eigenvalue weighted by molar-refractivity contribution is 0.600. The van der Waals surface area contributed by atoms with Gasteiger partial charge in [-0.05, 0) is 25.8 Å². The summed E-state index contributed by atoms with van der Waals surface area (Å²) >= 11 is 1.31. The minimum atomic E-state index is -3.60. The molecule has 0 bridgehead atoms. The fraction of sp³-hybridized carbons (Fsp3) is 0.417. The third-order valence-corrected chi connectivity index (χ3v) is 5.47. The molecule has 0 aliphatic heterocycles. The first-order chi connectivity index (χ1) is 9.49. The minimum Gasteiger partial charge on any atom is -0.346 e. The quantitative estimate of drug-likeness (QED) is 0.881. The molecule has 0 aromatic carbocycles. The molecule has 0 spiro atoms. The number of nitrogens with zero attached hydrogens (tertiary/aromatic N) is 2. The molecule has 0 radical (unpaired) electrons. The summed E-state index contributed by atoms with van der Waals surface area (Å²) in [6, 6.07) is 2.04. The van der Waals surface area contributed by atoms with Crippen molar-refractivity contribution in [3.05, 3.63) is 29.0 Å². The number of nitrogens with two attached hydrogens (primary N) is 1. The van der Waals surface area contributed by atoms with Crippen molar-refractivity contribution in [2.45, 2.75) is 37.2 Å². The Morgan fingerprint density at radius 3 is 2.85 bits per heavy atom. The van der Waals surface area contributed by atoms with Crippen LogP contribution < -0.4 is 10.5 Å². The third-order valence-electron chi connectivity index (χ3n) is 3.21. The molecule has 2 aromatic rings. The van der Waals surface area contributed by atoms with Gasteiger partial charge in [-0.25, -0.2) is 13.4 Å². The summed E-state index contributed by atoms with van der Waals surface area (Å²) in [6.07, 6.45) is 5.48. The standard InChI is InChI=1S/C12H16N4O2S2/c1-8-6-14-12(19-8)15-20(17,18)11-4-10(5-13)16(7-11)9-2-3-9/h4,6-7,9H,2-3,5,13H2,1H3,(H,14,15). The van der Waals surface area contributed by atoms with E-state index in [-0.39, 0.29) is 4.90 Å². The van der Waals surface area contributed by atoms with Crippen LogP contribution in [0.25, 0.3) is 0 Å². The molecule has 0 atom stereocenters. The molecule has 20 heavy (non-hydrogen) atoms. The highest BCUT2D eigenvalue weighted by Gasteiger charge is 2.28. The van der Waals surface area contributed by atoms with E-state index in [4.69, 9.17) is 5.73 Å². The maximum atomic E-state index is 12.3. The summed E-state index contributed by atoms with van der Waals surface area (Å²) in [7, 11) is -3.60. The first-order valence-corrected chi connectivity index (χ1v) is 8.65. The Balaban J connectivity index is 1.90. The monoisotopic (exact) mass is 312 g/mol.